The van der Waals surface area contributed by atoms with E-state index in [1.54, 1.807) is 12.3 Å². The van der Waals surface area contributed by atoms with Gasteiger partial charge in [0.15, 0.2) is 0 Å². The van der Waals surface area contributed by atoms with Gasteiger partial charge in [0.05, 0.1) is 6.54 Å². The topological polar surface area (TPSA) is 30.7 Å². The van der Waals surface area contributed by atoms with E-state index in [1.807, 2.05) is 30.5 Å². The Morgan fingerprint density at radius 1 is 1.14 bits per heavy atom. The van der Waals surface area contributed by atoms with E-state index in [0.29, 0.717) is 16.6 Å². The molecule has 0 amide bonds. The van der Waals surface area contributed by atoms with Gasteiger partial charge in [-0.25, -0.2) is 4.98 Å². The molecule has 0 unspecified atom stereocenters. The van der Waals surface area contributed by atoms with E-state index in [9.17, 15) is 0 Å². The maximum absolute atomic E-state index is 6.29. The maximum atomic E-state index is 6.29. The molecule has 7 heteroatoms. The van der Waals surface area contributed by atoms with Gasteiger partial charge in [0.25, 0.3) is 0 Å². The molecule has 112 valence electrons. The quantitative estimate of drug-likeness (QED) is 0.399. The molecule has 0 saturated carbocycles. The minimum Gasteiger partial charge on any atom is -0.314 e. The summed E-state index contributed by atoms with van der Waals surface area (Å²) in [7, 11) is 0. The van der Waals surface area contributed by atoms with Gasteiger partial charge in [-0.2, -0.15) is 0 Å². The molecule has 0 spiro atoms. The van der Waals surface area contributed by atoms with Gasteiger partial charge in [0, 0.05) is 28.0 Å². The van der Waals surface area contributed by atoms with Crippen LogP contribution in [0.1, 0.15) is 5.56 Å². The van der Waals surface area contributed by atoms with Crippen molar-refractivity contribution < 1.29 is 0 Å². The standard InChI is InChI=1S/C15H9Cl2I2N3/c16-11-3-4-12(17)10(6-11)8-22-14(19)13(18)21-15(22)9-2-1-5-20-7-9/h1-7H,8H2. The van der Waals surface area contributed by atoms with E-state index < -0.39 is 0 Å². The summed E-state index contributed by atoms with van der Waals surface area (Å²) in [6.07, 6.45) is 3.56. The summed E-state index contributed by atoms with van der Waals surface area (Å²) in [5, 5.41) is 1.37. The predicted octanol–water partition coefficient (Wildman–Crippen LogP) is 5.51. The van der Waals surface area contributed by atoms with Gasteiger partial charge < -0.3 is 4.57 Å². The zero-order valence-corrected chi connectivity index (χ0v) is 16.9. The minimum absolute atomic E-state index is 0.609. The molecule has 0 saturated heterocycles. The highest BCUT2D eigenvalue weighted by atomic mass is 127. The Kier molecular flexibility index (Phi) is 5.26. The van der Waals surface area contributed by atoms with Gasteiger partial charge in [-0.15, -0.1) is 0 Å². The van der Waals surface area contributed by atoms with Gasteiger partial charge in [0.1, 0.15) is 13.2 Å². The second-order valence-corrected chi connectivity index (χ2v) is 7.47. The van der Waals surface area contributed by atoms with Gasteiger partial charge in [-0.3, -0.25) is 4.98 Å². The molecule has 3 rings (SSSR count). The molecule has 0 radical (unpaired) electrons. The number of aromatic nitrogens is 3. The number of benzene rings is 1. The third kappa shape index (κ3) is 3.42. The highest BCUT2D eigenvalue weighted by Crippen LogP contribution is 2.28. The Balaban J connectivity index is 2.09. The molecule has 3 aromatic rings. The van der Waals surface area contributed by atoms with Crippen molar-refractivity contribution >= 4 is 68.4 Å². The molecular weight excluding hydrogens is 547 g/mol. The van der Waals surface area contributed by atoms with Crippen molar-refractivity contribution in [3.8, 4) is 11.4 Å². The molecule has 0 aliphatic carbocycles. The van der Waals surface area contributed by atoms with Crippen LogP contribution in [0.5, 0.6) is 0 Å². The van der Waals surface area contributed by atoms with E-state index in [2.05, 4.69) is 59.7 Å². The third-order valence-corrected chi connectivity index (χ3v) is 6.60. The fourth-order valence-corrected chi connectivity index (χ4v) is 3.51. The lowest BCUT2D eigenvalue weighted by molar-refractivity contribution is 0.786. The van der Waals surface area contributed by atoms with Crippen molar-refractivity contribution in [3.05, 3.63) is 65.7 Å². The van der Waals surface area contributed by atoms with E-state index in [-0.39, 0.29) is 0 Å². The monoisotopic (exact) mass is 555 g/mol. The highest BCUT2D eigenvalue weighted by molar-refractivity contribution is 14.1. The molecule has 0 N–H and O–H groups in total. The average Bonchev–Trinajstić information content (AvgIpc) is 2.80. The zero-order chi connectivity index (χ0) is 15.7. The summed E-state index contributed by atoms with van der Waals surface area (Å²) in [6.45, 7) is 0.609. The molecule has 22 heavy (non-hydrogen) atoms. The van der Waals surface area contributed by atoms with Crippen LogP contribution in [0.15, 0.2) is 42.7 Å². The maximum Gasteiger partial charge on any atom is 0.143 e. The van der Waals surface area contributed by atoms with Gasteiger partial charge in [0.2, 0.25) is 0 Å². The molecule has 0 aliphatic heterocycles. The normalized spacial score (nSPS) is 10.9. The first-order valence-electron chi connectivity index (χ1n) is 6.32. The first-order chi connectivity index (χ1) is 10.6. The fourth-order valence-electron chi connectivity index (χ4n) is 2.10. The summed E-state index contributed by atoms with van der Waals surface area (Å²) in [4.78, 5) is 8.83. The summed E-state index contributed by atoms with van der Waals surface area (Å²) in [6, 6.07) is 9.40. The molecule has 0 aliphatic rings. The summed E-state index contributed by atoms with van der Waals surface area (Å²) in [5.74, 6) is 0.873. The fraction of sp³-hybridized carbons (Fsp3) is 0.0667. The number of hydrogen-bond donors (Lipinski definition) is 0. The average molecular weight is 556 g/mol. The van der Waals surface area contributed by atoms with E-state index in [1.165, 1.54) is 0 Å². The lowest BCUT2D eigenvalue weighted by atomic mass is 10.2. The van der Waals surface area contributed by atoms with E-state index in [0.717, 1.165) is 24.4 Å². The Morgan fingerprint density at radius 3 is 2.68 bits per heavy atom. The molecule has 2 aromatic heterocycles. The van der Waals surface area contributed by atoms with Crippen molar-refractivity contribution in [1.82, 2.24) is 14.5 Å². The number of nitrogens with zero attached hydrogens (tertiary/aromatic N) is 3. The second kappa shape index (κ2) is 7.02. The zero-order valence-electron chi connectivity index (χ0n) is 11.1. The van der Waals surface area contributed by atoms with Crippen molar-refractivity contribution in [2.24, 2.45) is 0 Å². The molecular formula is C15H9Cl2I2N3. The molecule has 2 heterocycles. The lowest BCUT2D eigenvalue weighted by Crippen LogP contribution is -2.05. The van der Waals surface area contributed by atoms with Gasteiger partial charge >= 0.3 is 0 Å². The van der Waals surface area contributed by atoms with Crippen LogP contribution >= 0.6 is 68.4 Å². The molecule has 1 aromatic carbocycles. The van der Waals surface area contributed by atoms with E-state index >= 15 is 0 Å². The van der Waals surface area contributed by atoms with Crippen LogP contribution in [0.3, 0.4) is 0 Å². The first-order valence-corrected chi connectivity index (χ1v) is 9.23. The number of hydrogen-bond acceptors (Lipinski definition) is 2. The molecule has 3 nitrogen and oxygen atoms in total. The number of imidazole rings is 1. The third-order valence-electron chi connectivity index (χ3n) is 3.12. The number of halogens is 4. The Labute approximate surface area is 165 Å². The predicted molar refractivity (Wildman–Crippen MR) is 106 cm³/mol. The number of rotatable bonds is 3. The lowest BCUT2D eigenvalue weighted by Gasteiger charge is -2.11. The SMILES string of the molecule is Clc1ccc(Cl)c(Cn2c(-c3cccnc3)nc(I)c2I)c1. The summed E-state index contributed by atoms with van der Waals surface area (Å²) in [5.41, 5.74) is 1.94. The van der Waals surface area contributed by atoms with Crippen LogP contribution in [-0.2, 0) is 6.54 Å². The smallest absolute Gasteiger partial charge is 0.143 e. The Hall–Kier alpha value is -0.380. The van der Waals surface area contributed by atoms with E-state index in [4.69, 9.17) is 23.2 Å². The Morgan fingerprint density at radius 2 is 1.95 bits per heavy atom. The minimum atomic E-state index is 0.609. The van der Waals surface area contributed by atoms with Crippen molar-refractivity contribution in [3.63, 3.8) is 0 Å². The Bertz CT molecular complexity index is 819. The largest absolute Gasteiger partial charge is 0.314 e. The van der Waals surface area contributed by atoms with Crippen LogP contribution in [0.2, 0.25) is 10.0 Å². The summed E-state index contributed by atoms with van der Waals surface area (Å²) < 4.78 is 4.14. The molecule has 0 atom stereocenters. The number of pyridine rings is 1. The first kappa shape index (κ1) is 16.5. The van der Waals surface area contributed by atoms with Crippen LogP contribution in [0.25, 0.3) is 11.4 Å². The van der Waals surface area contributed by atoms with Crippen molar-refractivity contribution in [2.45, 2.75) is 6.54 Å². The molecule has 0 bridgehead atoms. The van der Waals surface area contributed by atoms with Gasteiger partial charge in [-0.1, -0.05) is 23.2 Å². The van der Waals surface area contributed by atoms with Crippen LogP contribution in [-0.4, -0.2) is 14.5 Å². The van der Waals surface area contributed by atoms with Crippen LogP contribution in [0.4, 0.5) is 0 Å². The highest BCUT2D eigenvalue weighted by Gasteiger charge is 2.16. The summed E-state index contributed by atoms with van der Waals surface area (Å²) >= 11 is 16.9. The van der Waals surface area contributed by atoms with Crippen LogP contribution in [0, 0.1) is 7.40 Å². The van der Waals surface area contributed by atoms with Crippen LogP contribution < -0.4 is 0 Å². The van der Waals surface area contributed by atoms with Gasteiger partial charge in [-0.05, 0) is 81.1 Å². The molecule has 0 fully saturated rings. The second-order valence-electron chi connectivity index (χ2n) is 4.58. The van der Waals surface area contributed by atoms with Crippen molar-refractivity contribution in [2.75, 3.05) is 0 Å². The van der Waals surface area contributed by atoms with Crippen molar-refractivity contribution in [1.29, 1.82) is 0 Å².